The summed E-state index contributed by atoms with van der Waals surface area (Å²) >= 11 is 0. The topological polar surface area (TPSA) is 104 Å². The Morgan fingerprint density at radius 1 is 1.16 bits per heavy atom. The molecule has 3 heterocycles. The minimum atomic E-state index is -4.48. The summed E-state index contributed by atoms with van der Waals surface area (Å²) in [5.74, 6) is 0.0872. The highest BCUT2D eigenvalue weighted by molar-refractivity contribution is 7.89. The highest BCUT2D eigenvalue weighted by atomic mass is 32.2. The predicted molar refractivity (Wildman–Crippen MR) is 81.0 cm³/mol. The van der Waals surface area contributed by atoms with Crippen LogP contribution in [0.1, 0.15) is 18.4 Å². The Morgan fingerprint density at radius 3 is 2.32 bits per heavy atom. The number of H-pyrrole nitrogens is 1. The molecule has 3 rings (SSSR count). The lowest BCUT2D eigenvalue weighted by molar-refractivity contribution is -0.138. The van der Waals surface area contributed by atoms with Gasteiger partial charge < -0.3 is 5.32 Å². The average molecular weight is 376 g/mol. The number of hydrogen-bond donors (Lipinski definition) is 2. The zero-order chi connectivity index (χ0) is 18.1. The van der Waals surface area contributed by atoms with E-state index < -0.39 is 21.8 Å². The van der Waals surface area contributed by atoms with Crippen molar-refractivity contribution in [1.82, 2.24) is 24.5 Å². The predicted octanol–water partition coefficient (Wildman–Crippen LogP) is 1.48. The molecule has 12 heteroatoms. The number of nitrogens with one attached hydrogen (secondary N) is 2. The highest BCUT2D eigenvalue weighted by Gasteiger charge is 2.32. The smallest absolute Gasteiger partial charge is 0.351 e. The Hall–Kier alpha value is -2.21. The van der Waals surface area contributed by atoms with E-state index in [1.165, 1.54) is 16.7 Å². The molecule has 0 unspecified atom stereocenters. The molecule has 2 aromatic rings. The van der Waals surface area contributed by atoms with Crippen molar-refractivity contribution in [3.05, 3.63) is 30.4 Å². The number of hydrogen-bond acceptors (Lipinski definition) is 6. The summed E-state index contributed by atoms with van der Waals surface area (Å²) < 4.78 is 63.5. The molecule has 1 saturated heterocycles. The molecule has 1 aliphatic rings. The second kappa shape index (κ2) is 6.59. The molecule has 8 nitrogen and oxygen atoms in total. The van der Waals surface area contributed by atoms with Crippen molar-refractivity contribution in [1.29, 1.82) is 0 Å². The molecule has 136 valence electrons. The lowest BCUT2D eigenvalue weighted by Crippen LogP contribution is -2.42. The number of rotatable bonds is 4. The van der Waals surface area contributed by atoms with Gasteiger partial charge in [0.1, 0.15) is 4.90 Å². The van der Waals surface area contributed by atoms with Crippen LogP contribution < -0.4 is 5.32 Å². The van der Waals surface area contributed by atoms with Crippen LogP contribution in [0.25, 0.3) is 0 Å². The number of sulfonamides is 1. The van der Waals surface area contributed by atoms with E-state index in [9.17, 15) is 21.6 Å². The molecule has 2 N–H and O–H groups in total. The lowest BCUT2D eigenvalue weighted by atomic mass is 10.1. The van der Waals surface area contributed by atoms with Gasteiger partial charge in [-0.3, -0.25) is 5.10 Å². The van der Waals surface area contributed by atoms with Gasteiger partial charge in [0.2, 0.25) is 16.0 Å². The molecule has 2 aromatic heterocycles. The molecule has 0 aromatic carbocycles. The third-order valence-electron chi connectivity index (χ3n) is 3.88. The maximum absolute atomic E-state index is 12.5. The number of halogens is 3. The molecule has 0 amide bonds. The molecule has 0 atom stereocenters. The molecule has 0 saturated carbocycles. The minimum absolute atomic E-state index is 0.0872. The zero-order valence-corrected chi connectivity index (χ0v) is 13.7. The SMILES string of the molecule is O=S(=O)(c1cn[nH]c1)N1CCC(Nc2ncc(C(F)(F)F)cn2)CC1. The second-order valence-electron chi connectivity index (χ2n) is 5.55. The minimum Gasteiger partial charge on any atom is -0.351 e. The van der Waals surface area contributed by atoms with Gasteiger partial charge in [0.25, 0.3) is 0 Å². The van der Waals surface area contributed by atoms with Gasteiger partial charge in [-0.15, -0.1) is 0 Å². The Kier molecular flexibility index (Phi) is 4.64. The molecule has 0 spiro atoms. The van der Waals surface area contributed by atoms with E-state index in [2.05, 4.69) is 25.5 Å². The van der Waals surface area contributed by atoms with Gasteiger partial charge in [-0.25, -0.2) is 18.4 Å². The van der Waals surface area contributed by atoms with E-state index >= 15 is 0 Å². The molecule has 0 aliphatic carbocycles. The summed E-state index contributed by atoms with van der Waals surface area (Å²) in [5.41, 5.74) is -0.918. The van der Waals surface area contributed by atoms with Gasteiger partial charge >= 0.3 is 6.18 Å². The van der Waals surface area contributed by atoms with Gasteiger partial charge in [0.15, 0.2) is 0 Å². The molecule has 25 heavy (non-hydrogen) atoms. The van der Waals surface area contributed by atoms with E-state index in [1.807, 2.05) is 0 Å². The second-order valence-corrected chi connectivity index (χ2v) is 7.49. The van der Waals surface area contributed by atoms with Crippen molar-refractivity contribution in [2.75, 3.05) is 18.4 Å². The first-order valence-corrected chi connectivity index (χ1v) is 8.85. The third kappa shape index (κ3) is 3.90. The van der Waals surface area contributed by atoms with Crippen molar-refractivity contribution in [2.24, 2.45) is 0 Å². The van der Waals surface area contributed by atoms with Crippen LogP contribution >= 0.6 is 0 Å². The third-order valence-corrected chi connectivity index (χ3v) is 5.74. The standard InChI is InChI=1S/C13H15F3N6O2S/c14-13(15,16)9-5-17-12(18-6-9)21-10-1-3-22(4-2-10)25(23,24)11-7-19-20-8-11/h5-8,10H,1-4H2,(H,19,20)(H,17,18,21). The van der Waals surface area contributed by atoms with Gasteiger partial charge in [-0.05, 0) is 12.8 Å². The monoisotopic (exact) mass is 376 g/mol. The van der Waals surface area contributed by atoms with Crippen LogP contribution in [0, 0.1) is 0 Å². The van der Waals surface area contributed by atoms with Crippen LogP contribution in [0.5, 0.6) is 0 Å². The summed E-state index contributed by atoms with van der Waals surface area (Å²) in [6.45, 7) is 0.567. The largest absolute Gasteiger partial charge is 0.419 e. The molecule has 0 radical (unpaired) electrons. The normalized spacial score (nSPS) is 17.6. The van der Waals surface area contributed by atoms with Gasteiger partial charge in [0, 0.05) is 37.7 Å². The van der Waals surface area contributed by atoms with Crippen LogP contribution in [0.4, 0.5) is 19.1 Å². The van der Waals surface area contributed by atoms with Crippen molar-refractivity contribution < 1.29 is 21.6 Å². The summed E-state index contributed by atoms with van der Waals surface area (Å²) in [4.78, 5) is 7.42. The summed E-state index contributed by atoms with van der Waals surface area (Å²) in [6, 6.07) is -0.118. The average Bonchev–Trinajstić information content (AvgIpc) is 3.10. The first-order chi connectivity index (χ1) is 11.8. The van der Waals surface area contributed by atoms with Gasteiger partial charge in [-0.2, -0.15) is 22.6 Å². The number of piperidine rings is 1. The lowest BCUT2D eigenvalue weighted by Gasteiger charge is -2.31. The fourth-order valence-electron chi connectivity index (χ4n) is 2.50. The maximum Gasteiger partial charge on any atom is 0.419 e. The molecular weight excluding hydrogens is 361 g/mol. The van der Waals surface area contributed by atoms with Crippen LogP contribution in [0.3, 0.4) is 0 Å². The number of anilines is 1. The Morgan fingerprint density at radius 2 is 1.80 bits per heavy atom. The van der Waals surface area contributed by atoms with E-state index in [4.69, 9.17) is 0 Å². The highest BCUT2D eigenvalue weighted by Crippen LogP contribution is 2.28. The van der Waals surface area contributed by atoms with Crippen molar-refractivity contribution in [3.8, 4) is 0 Å². The first kappa shape index (κ1) is 17.6. The fraction of sp³-hybridized carbons (Fsp3) is 0.462. The molecule has 0 bridgehead atoms. The van der Waals surface area contributed by atoms with E-state index in [-0.39, 0.29) is 30.0 Å². The zero-order valence-electron chi connectivity index (χ0n) is 12.9. The molecule has 1 aliphatic heterocycles. The van der Waals surface area contributed by atoms with Crippen LogP contribution in [0.15, 0.2) is 29.7 Å². The Labute approximate surface area is 141 Å². The first-order valence-electron chi connectivity index (χ1n) is 7.41. The fourth-order valence-corrected chi connectivity index (χ4v) is 3.88. The van der Waals surface area contributed by atoms with Gasteiger partial charge in [-0.1, -0.05) is 0 Å². The number of alkyl halides is 3. The quantitative estimate of drug-likeness (QED) is 0.838. The summed E-state index contributed by atoms with van der Waals surface area (Å²) in [6.07, 6.45) is 0.487. The Bertz CT molecular complexity index is 799. The van der Waals surface area contributed by atoms with Crippen LogP contribution in [-0.4, -0.2) is 52.0 Å². The van der Waals surface area contributed by atoms with E-state index in [0.29, 0.717) is 25.2 Å². The molecular formula is C13H15F3N6O2S. The summed E-state index contributed by atoms with van der Waals surface area (Å²) in [5, 5.41) is 9.04. The van der Waals surface area contributed by atoms with Gasteiger partial charge in [0.05, 0.1) is 11.8 Å². The maximum atomic E-state index is 12.5. The van der Waals surface area contributed by atoms with Crippen LogP contribution in [-0.2, 0) is 16.2 Å². The number of aromatic amines is 1. The molecule has 1 fully saturated rings. The van der Waals surface area contributed by atoms with Crippen molar-refractivity contribution >= 4 is 16.0 Å². The summed E-state index contributed by atoms with van der Waals surface area (Å²) in [7, 11) is -3.58. The van der Waals surface area contributed by atoms with Crippen molar-refractivity contribution in [2.45, 2.75) is 30.0 Å². The number of aromatic nitrogens is 4. The van der Waals surface area contributed by atoms with E-state index in [0.717, 1.165) is 0 Å². The van der Waals surface area contributed by atoms with Crippen molar-refractivity contribution in [3.63, 3.8) is 0 Å². The Balaban J connectivity index is 1.58. The van der Waals surface area contributed by atoms with Crippen LogP contribution in [0.2, 0.25) is 0 Å². The number of nitrogens with zero attached hydrogens (tertiary/aromatic N) is 4. The van der Waals surface area contributed by atoms with E-state index in [1.54, 1.807) is 0 Å².